The number of nitrogens with zero attached hydrogens (tertiary/aromatic N) is 2. The summed E-state index contributed by atoms with van der Waals surface area (Å²) in [6.45, 7) is 0. The first-order valence-electron chi connectivity index (χ1n) is 3.32. The van der Waals surface area contributed by atoms with Gasteiger partial charge in [-0.1, -0.05) is 11.6 Å². The lowest BCUT2D eigenvalue weighted by atomic mass is 10.5. The zero-order valence-electron chi connectivity index (χ0n) is 6.19. The van der Waals surface area contributed by atoms with Gasteiger partial charge in [0.05, 0.1) is 9.72 Å². The van der Waals surface area contributed by atoms with Crippen LogP contribution in [0.3, 0.4) is 0 Å². The van der Waals surface area contributed by atoms with E-state index in [-0.39, 0.29) is 5.01 Å². The highest BCUT2D eigenvalue weighted by Crippen LogP contribution is 2.22. The van der Waals surface area contributed by atoms with Gasteiger partial charge in [0.25, 0.3) is 0 Å². The van der Waals surface area contributed by atoms with E-state index in [1.54, 1.807) is 6.07 Å². The second kappa shape index (κ2) is 2.93. The standard InChI is InChI=1S/C7H3ClN2O2S/c8-3-1-4-5(9-2-3)10-6(13-4)7(11)12/h1-2H,(H,11,12). The minimum absolute atomic E-state index is 0.0322. The van der Waals surface area contributed by atoms with E-state index >= 15 is 0 Å². The summed E-state index contributed by atoms with van der Waals surface area (Å²) in [7, 11) is 0. The average Bonchev–Trinajstić information content (AvgIpc) is 2.46. The summed E-state index contributed by atoms with van der Waals surface area (Å²) in [4.78, 5) is 18.2. The molecule has 6 heteroatoms. The van der Waals surface area contributed by atoms with E-state index in [2.05, 4.69) is 9.97 Å². The van der Waals surface area contributed by atoms with Gasteiger partial charge in [0, 0.05) is 6.20 Å². The molecule has 0 saturated carbocycles. The molecule has 0 amide bonds. The van der Waals surface area contributed by atoms with Crippen molar-refractivity contribution in [1.29, 1.82) is 0 Å². The van der Waals surface area contributed by atoms with Crippen molar-refractivity contribution in [2.24, 2.45) is 0 Å². The Balaban J connectivity index is 2.68. The molecule has 1 N–H and O–H groups in total. The number of rotatable bonds is 1. The summed E-state index contributed by atoms with van der Waals surface area (Å²) < 4.78 is 0.685. The van der Waals surface area contributed by atoms with E-state index in [9.17, 15) is 4.79 Å². The first kappa shape index (κ1) is 8.40. The lowest BCUT2D eigenvalue weighted by molar-refractivity contribution is 0.0696. The monoisotopic (exact) mass is 214 g/mol. The van der Waals surface area contributed by atoms with Gasteiger partial charge in [-0.25, -0.2) is 14.8 Å². The molecule has 2 rings (SSSR count). The van der Waals surface area contributed by atoms with Crippen LogP contribution < -0.4 is 0 Å². The number of carboxylic acids is 1. The molecule has 0 aliphatic rings. The number of carbonyl (C=O) groups is 1. The lowest BCUT2D eigenvalue weighted by Gasteiger charge is -1.85. The number of thiazole rings is 1. The Labute approximate surface area is 81.8 Å². The molecule has 0 aromatic carbocycles. The van der Waals surface area contributed by atoms with E-state index in [0.29, 0.717) is 15.4 Å². The molecule has 2 heterocycles. The summed E-state index contributed by atoms with van der Waals surface area (Å²) in [6.07, 6.45) is 1.44. The molecule has 0 bridgehead atoms. The first-order valence-corrected chi connectivity index (χ1v) is 4.51. The SMILES string of the molecule is O=C(O)c1nc2ncc(Cl)cc2s1. The summed E-state index contributed by atoms with van der Waals surface area (Å²) >= 11 is 6.74. The smallest absolute Gasteiger partial charge is 0.365 e. The Hall–Kier alpha value is -1.20. The summed E-state index contributed by atoms with van der Waals surface area (Å²) in [5.74, 6) is -1.04. The molecule has 0 radical (unpaired) electrons. The van der Waals surface area contributed by atoms with Gasteiger partial charge in [-0.3, -0.25) is 0 Å². The fraction of sp³-hybridized carbons (Fsp3) is 0. The fourth-order valence-corrected chi connectivity index (χ4v) is 1.91. The minimum Gasteiger partial charge on any atom is -0.476 e. The third-order valence-corrected chi connectivity index (χ3v) is 2.58. The van der Waals surface area contributed by atoms with Crippen molar-refractivity contribution in [3.63, 3.8) is 0 Å². The molecule has 2 aromatic rings. The van der Waals surface area contributed by atoms with Gasteiger partial charge in [0.15, 0.2) is 5.65 Å². The van der Waals surface area contributed by atoms with E-state index in [1.807, 2.05) is 0 Å². The van der Waals surface area contributed by atoms with E-state index < -0.39 is 5.97 Å². The van der Waals surface area contributed by atoms with Crippen LogP contribution in [0.4, 0.5) is 0 Å². The van der Waals surface area contributed by atoms with Gasteiger partial charge < -0.3 is 5.11 Å². The summed E-state index contributed by atoms with van der Waals surface area (Å²) in [5.41, 5.74) is 0.423. The predicted molar refractivity (Wildman–Crippen MR) is 49.4 cm³/mol. The molecule has 13 heavy (non-hydrogen) atoms. The molecule has 66 valence electrons. The van der Waals surface area contributed by atoms with Crippen LogP contribution in [0, 0.1) is 0 Å². The van der Waals surface area contributed by atoms with E-state index in [4.69, 9.17) is 16.7 Å². The number of aromatic carboxylic acids is 1. The van der Waals surface area contributed by atoms with Crippen molar-refractivity contribution in [3.05, 3.63) is 22.3 Å². The van der Waals surface area contributed by atoms with Crippen LogP contribution in [-0.2, 0) is 0 Å². The number of pyridine rings is 1. The Morgan fingerprint density at radius 1 is 1.62 bits per heavy atom. The highest BCUT2D eigenvalue weighted by molar-refractivity contribution is 7.20. The third kappa shape index (κ3) is 1.48. The number of hydrogen-bond donors (Lipinski definition) is 1. The molecule has 0 aliphatic carbocycles. The van der Waals surface area contributed by atoms with Crippen LogP contribution in [-0.4, -0.2) is 21.0 Å². The molecule has 0 atom stereocenters. The number of carboxylic acid groups (broad SMARTS) is 1. The van der Waals surface area contributed by atoms with Gasteiger partial charge >= 0.3 is 5.97 Å². The van der Waals surface area contributed by atoms with Crippen molar-refractivity contribution in [2.45, 2.75) is 0 Å². The minimum atomic E-state index is -1.04. The quantitative estimate of drug-likeness (QED) is 0.789. The second-order valence-electron chi connectivity index (χ2n) is 2.30. The number of fused-ring (bicyclic) bond motifs is 1. The molecular weight excluding hydrogens is 212 g/mol. The van der Waals surface area contributed by atoms with Crippen molar-refractivity contribution in [1.82, 2.24) is 9.97 Å². The number of halogens is 1. The Morgan fingerprint density at radius 3 is 3.08 bits per heavy atom. The number of aromatic nitrogens is 2. The average molecular weight is 215 g/mol. The van der Waals surface area contributed by atoms with Crippen LogP contribution in [0.25, 0.3) is 10.3 Å². The predicted octanol–water partition coefficient (Wildman–Crippen LogP) is 2.04. The lowest BCUT2D eigenvalue weighted by Crippen LogP contribution is -1.93. The Kier molecular flexibility index (Phi) is 1.90. The topological polar surface area (TPSA) is 63.1 Å². The molecule has 0 aliphatic heterocycles. The molecule has 0 spiro atoms. The second-order valence-corrected chi connectivity index (χ2v) is 3.77. The maximum Gasteiger partial charge on any atom is 0.365 e. The molecule has 0 saturated heterocycles. The van der Waals surface area contributed by atoms with Crippen LogP contribution in [0.15, 0.2) is 12.3 Å². The van der Waals surface area contributed by atoms with E-state index in [1.165, 1.54) is 6.20 Å². The van der Waals surface area contributed by atoms with Gasteiger partial charge in [-0.15, -0.1) is 11.3 Å². The highest BCUT2D eigenvalue weighted by Gasteiger charge is 2.10. The Bertz CT molecular complexity index is 482. The highest BCUT2D eigenvalue weighted by atomic mass is 35.5. The third-order valence-electron chi connectivity index (χ3n) is 1.40. The maximum absolute atomic E-state index is 10.5. The van der Waals surface area contributed by atoms with Crippen LogP contribution >= 0.6 is 22.9 Å². The zero-order valence-corrected chi connectivity index (χ0v) is 7.76. The van der Waals surface area contributed by atoms with E-state index in [0.717, 1.165) is 11.3 Å². The molecule has 2 aromatic heterocycles. The largest absolute Gasteiger partial charge is 0.476 e. The van der Waals surface area contributed by atoms with Gasteiger partial charge in [-0.2, -0.15) is 0 Å². The molecule has 0 fully saturated rings. The van der Waals surface area contributed by atoms with Crippen molar-refractivity contribution in [3.8, 4) is 0 Å². The summed E-state index contributed by atoms with van der Waals surface area (Å²) in [5, 5.41) is 9.15. The molecule has 4 nitrogen and oxygen atoms in total. The maximum atomic E-state index is 10.5. The van der Waals surface area contributed by atoms with Crippen molar-refractivity contribution >= 4 is 39.3 Å². The van der Waals surface area contributed by atoms with Crippen LogP contribution in [0.5, 0.6) is 0 Å². The normalized spacial score (nSPS) is 10.5. The fourth-order valence-electron chi connectivity index (χ4n) is 0.887. The number of hydrogen-bond acceptors (Lipinski definition) is 4. The van der Waals surface area contributed by atoms with Crippen molar-refractivity contribution < 1.29 is 9.90 Å². The molecular formula is C7H3ClN2O2S. The van der Waals surface area contributed by atoms with Crippen LogP contribution in [0.1, 0.15) is 9.80 Å². The first-order chi connectivity index (χ1) is 6.16. The Morgan fingerprint density at radius 2 is 2.38 bits per heavy atom. The van der Waals surface area contributed by atoms with Crippen LogP contribution in [0.2, 0.25) is 5.02 Å². The zero-order chi connectivity index (χ0) is 9.42. The van der Waals surface area contributed by atoms with Gasteiger partial charge in [0.1, 0.15) is 0 Å². The summed E-state index contributed by atoms with van der Waals surface area (Å²) in [6, 6.07) is 1.65. The van der Waals surface area contributed by atoms with Crippen molar-refractivity contribution in [2.75, 3.05) is 0 Å². The van der Waals surface area contributed by atoms with Gasteiger partial charge in [-0.05, 0) is 6.07 Å². The van der Waals surface area contributed by atoms with Gasteiger partial charge in [0.2, 0.25) is 5.01 Å². The molecule has 0 unspecified atom stereocenters.